The summed E-state index contributed by atoms with van der Waals surface area (Å²) in [4.78, 5) is 51.9. The molecule has 3 aromatic rings. The molecule has 0 fully saturated rings. The normalized spacial score (nSPS) is 12.9. The Morgan fingerprint density at radius 2 is 1.76 bits per heavy atom. The van der Waals surface area contributed by atoms with Gasteiger partial charge in [-0.15, -0.1) is 0 Å². The second-order valence-corrected chi connectivity index (χ2v) is 20.3. The SMILES string of the molecule is CC(C)(C)[C@H](c1cc(-c2cc(F)ccc2F)cn1Cc1ccccc1)N(C[C@H](CNC(=O)OCC[Si](C)(C)C)NC(=O)CCC=O)C(=O)CN. The van der Waals surface area contributed by atoms with E-state index >= 15 is 4.39 Å². The van der Waals surface area contributed by atoms with E-state index in [0.717, 1.165) is 29.8 Å². The van der Waals surface area contributed by atoms with Crippen molar-refractivity contribution in [1.82, 2.24) is 20.1 Å². The molecule has 0 aliphatic heterocycles. The molecule has 0 aliphatic rings. The largest absolute Gasteiger partial charge is 0.450 e. The lowest BCUT2D eigenvalue weighted by Gasteiger charge is -2.42. The molecule has 50 heavy (non-hydrogen) atoms. The first kappa shape index (κ1) is 40.1. The first-order valence-corrected chi connectivity index (χ1v) is 20.6. The van der Waals surface area contributed by atoms with Crippen LogP contribution in [0.15, 0.2) is 60.8 Å². The third-order valence-corrected chi connectivity index (χ3v) is 9.83. The number of aldehydes is 1. The third-order valence-electron chi connectivity index (χ3n) is 8.12. The molecule has 0 spiro atoms. The first-order valence-electron chi connectivity index (χ1n) is 16.8. The second kappa shape index (κ2) is 18.0. The smallest absolute Gasteiger partial charge is 0.407 e. The van der Waals surface area contributed by atoms with Crippen molar-refractivity contribution >= 4 is 32.3 Å². The van der Waals surface area contributed by atoms with E-state index < -0.39 is 55.1 Å². The van der Waals surface area contributed by atoms with Crippen LogP contribution in [0.3, 0.4) is 0 Å². The molecule has 0 radical (unpaired) electrons. The van der Waals surface area contributed by atoms with Crippen molar-refractivity contribution < 1.29 is 32.7 Å². The molecule has 4 N–H and O–H groups in total. The summed E-state index contributed by atoms with van der Waals surface area (Å²) >= 11 is 0. The van der Waals surface area contributed by atoms with Crippen LogP contribution in [0.25, 0.3) is 11.1 Å². The number of nitrogens with zero attached hydrogens (tertiary/aromatic N) is 2. The lowest BCUT2D eigenvalue weighted by Crippen LogP contribution is -2.54. The van der Waals surface area contributed by atoms with Gasteiger partial charge >= 0.3 is 6.09 Å². The molecule has 13 heteroatoms. The summed E-state index contributed by atoms with van der Waals surface area (Å²) in [5.74, 6) is -2.05. The zero-order valence-corrected chi connectivity index (χ0v) is 30.9. The zero-order valence-electron chi connectivity index (χ0n) is 29.9. The molecule has 0 saturated heterocycles. The highest BCUT2D eigenvalue weighted by Gasteiger charge is 2.38. The summed E-state index contributed by atoms with van der Waals surface area (Å²) in [6, 6.07) is 13.9. The Morgan fingerprint density at radius 3 is 2.38 bits per heavy atom. The molecule has 2 aromatic carbocycles. The number of rotatable bonds is 17. The summed E-state index contributed by atoms with van der Waals surface area (Å²) in [5, 5.41) is 5.57. The van der Waals surface area contributed by atoms with E-state index in [2.05, 4.69) is 30.3 Å². The molecule has 0 unspecified atom stereocenters. The standard InChI is InChI=1S/C37H51F2N5O5Si/c1-37(2,3)35(32-19-27(30-20-28(38)14-15-31(30)39)24-43(32)23-26-11-8-7-9-12-26)44(34(47)21-40)25-29(42-33(46)13-10-16-45)22-41-36(48)49-17-18-50(4,5)6/h7-9,11-12,14-16,19-20,24,29,35H,10,13,17-18,21-23,25,40H2,1-6H3,(H,41,48)(H,42,46)/t29-,35-/m0/s1. The molecule has 0 aliphatic carbocycles. The number of hydrogen-bond donors (Lipinski definition) is 3. The van der Waals surface area contributed by atoms with Crippen LogP contribution in [0, 0.1) is 17.0 Å². The minimum atomic E-state index is -1.45. The van der Waals surface area contributed by atoms with Crippen LogP contribution >= 0.6 is 0 Å². The van der Waals surface area contributed by atoms with E-state index in [9.17, 15) is 23.6 Å². The molecule has 3 rings (SSSR count). The average molecular weight is 712 g/mol. The number of amides is 3. The number of carbonyl (C=O) groups excluding carboxylic acids is 4. The summed E-state index contributed by atoms with van der Waals surface area (Å²) in [6.45, 7) is 12.5. The number of carbonyl (C=O) groups is 4. The van der Waals surface area contributed by atoms with Crippen LogP contribution < -0.4 is 16.4 Å². The Hall–Kier alpha value is -4.36. The van der Waals surface area contributed by atoms with Crippen molar-refractivity contribution in [3.63, 3.8) is 0 Å². The lowest BCUT2D eigenvalue weighted by atomic mass is 9.82. The van der Waals surface area contributed by atoms with Gasteiger partial charge in [0.1, 0.15) is 17.9 Å². The summed E-state index contributed by atoms with van der Waals surface area (Å²) < 4.78 is 36.8. The van der Waals surface area contributed by atoms with E-state index in [-0.39, 0.29) is 44.6 Å². The zero-order chi connectivity index (χ0) is 37.1. The van der Waals surface area contributed by atoms with Crippen LogP contribution in [-0.2, 0) is 25.7 Å². The molecular weight excluding hydrogens is 661 g/mol. The van der Waals surface area contributed by atoms with E-state index in [1.165, 1.54) is 0 Å². The molecule has 0 bridgehead atoms. The van der Waals surface area contributed by atoms with E-state index in [1.54, 1.807) is 17.2 Å². The maximum absolute atomic E-state index is 15.1. The first-order chi connectivity index (χ1) is 23.5. The van der Waals surface area contributed by atoms with Gasteiger partial charge in [-0.2, -0.15) is 0 Å². The minimum Gasteiger partial charge on any atom is -0.450 e. The molecule has 1 heterocycles. The molecule has 10 nitrogen and oxygen atoms in total. The molecule has 3 amide bonds. The minimum absolute atomic E-state index is 0.00714. The number of benzene rings is 2. The van der Waals surface area contributed by atoms with Crippen molar-refractivity contribution in [3.8, 4) is 11.1 Å². The number of aromatic nitrogens is 1. The molecule has 0 saturated carbocycles. The Balaban J connectivity index is 2.08. The van der Waals surface area contributed by atoms with Crippen molar-refractivity contribution in [3.05, 3.63) is 83.7 Å². The van der Waals surface area contributed by atoms with Crippen molar-refractivity contribution in [2.24, 2.45) is 11.1 Å². The predicted molar refractivity (Wildman–Crippen MR) is 193 cm³/mol. The average Bonchev–Trinajstić information content (AvgIpc) is 3.44. The number of nitrogens with one attached hydrogen (secondary N) is 2. The Labute approximate surface area is 294 Å². The molecular formula is C37H51F2N5O5Si. The van der Waals surface area contributed by atoms with Crippen LogP contribution in [0.4, 0.5) is 13.6 Å². The van der Waals surface area contributed by atoms with Gasteiger partial charge in [0.25, 0.3) is 0 Å². The summed E-state index contributed by atoms with van der Waals surface area (Å²) in [6.07, 6.45) is 1.66. The Morgan fingerprint density at radius 1 is 1.06 bits per heavy atom. The van der Waals surface area contributed by atoms with E-state index in [4.69, 9.17) is 10.5 Å². The Bertz CT molecular complexity index is 1600. The maximum Gasteiger partial charge on any atom is 0.407 e. The second-order valence-electron chi connectivity index (χ2n) is 14.7. The van der Waals surface area contributed by atoms with Gasteiger partial charge in [-0.1, -0.05) is 70.7 Å². The number of halogens is 2. The highest BCUT2D eigenvalue weighted by atomic mass is 28.3. The number of ether oxygens (including phenoxy) is 1. The summed E-state index contributed by atoms with van der Waals surface area (Å²) in [5.41, 5.74) is 7.39. The number of hydrogen-bond acceptors (Lipinski definition) is 6. The molecule has 1 aromatic heterocycles. The Kier molecular flexibility index (Phi) is 14.5. The van der Waals surface area contributed by atoms with Gasteiger partial charge in [-0.25, -0.2) is 13.6 Å². The monoisotopic (exact) mass is 711 g/mol. The van der Waals surface area contributed by atoms with E-state index in [0.29, 0.717) is 24.1 Å². The predicted octanol–water partition coefficient (Wildman–Crippen LogP) is 5.88. The molecule has 272 valence electrons. The van der Waals surface area contributed by atoms with Gasteiger partial charge in [0.15, 0.2) is 0 Å². The van der Waals surface area contributed by atoms with Crippen LogP contribution in [-0.4, -0.2) is 74.0 Å². The highest BCUT2D eigenvalue weighted by molar-refractivity contribution is 6.76. The fourth-order valence-corrected chi connectivity index (χ4v) is 6.39. The number of alkyl carbamates (subject to hydrolysis) is 1. The highest BCUT2D eigenvalue weighted by Crippen LogP contribution is 2.41. The molecule has 2 atom stereocenters. The van der Waals surface area contributed by atoms with Gasteiger partial charge in [0, 0.05) is 63.6 Å². The summed E-state index contributed by atoms with van der Waals surface area (Å²) in [7, 11) is -1.45. The van der Waals surface area contributed by atoms with Crippen LogP contribution in [0.1, 0.15) is 50.9 Å². The fourth-order valence-electron chi connectivity index (χ4n) is 5.68. The fraction of sp³-hybridized carbons (Fsp3) is 0.459. The maximum atomic E-state index is 15.1. The topological polar surface area (TPSA) is 136 Å². The van der Waals surface area contributed by atoms with Crippen molar-refractivity contribution in [1.29, 1.82) is 0 Å². The van der Waals surface area contributed by atoms with Crippen LogP contribution in [0.5, 0.6) is 0 Å². The lowest BCUT2D eigenvalue weighted by molar-refractivity contribution is -0.136. The van der Waals surface area contributed by atoms with Gasteiger partial charge in [0.05, 0.1) is 25.2 Å². The van der Waals surface area contributed by atoms with Crippen molar-refractivity contribution in [2.75, 3.05) is 26.2 Å². The quantitative estimate of drug-likeness (QED) is 0.118. The van der Waals surface area contributed by atoms with Gasteiger partial charge in [0.2, 0.25) is 11.8 Å². The van der Waals surface area contributed by atoms with Crippen LogP contribution in [0.2, 0.25) is 25.7 Å². The van der Waals surface area contributed by atoms with Gasteiger partial charge < -0.3 is 35.4 Å². The van der Waals surface area contributed by atoms with E-state index in [1.807, 2.05) is 55.7 Å². The van der Waals surface area contributed by atoms with Gasteiger partial charge in [-0.05, 0) is 41.3 Å². The number of nitrogens with two attached hydrogens (primary N) is 1. The van der Waals surface area contributed by atoms with Crippen molar-refractivity contribution in [2.45, 2.75) is 77.9 Å². The third kappa shape index (κ3) is 12.2. The van der Waals surface area contributed by atoms with Gasteiger partial charge in [-0.3, -0.25) is 9.59 Å².